The molecule has 0 aromatic heterocycles. The predicted octanol–water partition coefficient (Wildman–Crippen LogP) is 1.22. The van der Waals surface area contributed by atoms with Gasteiger partial charge >= 0.3 is 0 Å². The van der Waals surface area contributed by atoms with Crippen LogP contribution in [0.4, 0.5) is 0 Å². The lowest BCUT2D eigenvalue weighted by atomic mass is 10.0. The molecule has 1 amide bonds. The van der Waals surface area contributed by atoms with E-state index in [9.17, 15) is 21.6 Å². The number of morpholine rings is 1. The molecule has 4 rings (SSSR count). The fourth-order valence-corrected chi connectivity index (χ4v) is 6.99. The van der Waals surface area contributed by atoms with E-state index in [1.165, 1.54) is 38.4 Å². The van der Waals surface area contributed by atoms with Crippen molar-refractivity contribution in [3.8, 4) is 0 Å². The van der Waals surface area contributed by atoms with Crippen molar-refractivity contribution in [2.75, 3.05) is 45.1 Å². The van der Waals surface area contributed by atoms with Crippen molar-refractivity contribution in [1.82, 2.24) is 13.9 Å². The van der Waals surface area contributed by atoms with Crippen LogP contribution in [-0.4, -0.2) is 76.5 Å². The number of nitrogens with one attached hydrogen (secondary N) is 1. The first-order valence-corrected chi connectivity index (χ1v) is 14.3. The third kappa shape index (κ3) is 5.66. The van der Waals surface area contributed by atoms with Gasteiger partial charge < -0.3 is 10.1 Å². The molecule has 0 bridgehead atoms. The molecule has 0 radical (unpaired) electrons. The topological polar surface area (TPSA) is 113 Å². The van der Waals surface area contributed by atoms with E-state index in [-0.39, 0.29) is 29.5 Å². The fourth-order valence-electron chi connectivity index (χ4n) is 4.11. The van der Waals surface area contributed by atoms with Gasteiger partial charge in [-0.15, -0.1) is 0 Å². The minimum absolute atomic E-state index is 0.0494. The average molecular weight is 508 g/mol. The van der Waals surface area contributed by atoms with Gasteiger partial charge in [0.1, 0.15) is 0 Å². The molecule has 2 aliphatic heterocycles. The van der Waals surface area contributed by atoms with E-state index in [0.29, 0.717) is 51.4 Å². The first kappa shape index (κ1) is 24.8. The van der Waals surface area contributed by atoms with Crippen molar-refractivity contribution in [1.29, 1.82) is 0 Å². The van der Waals surface area contributed by atoms with E-state index in [4.69, 9.17) is 4.74 Å². The zero-order valence-corrected chi connectivity index (χ0v) is 20.5. The van der Waals surface area contributed by atoms with Gasteiger partial charge in [0.25, 0.3) is 5.91 Å². The number of sulfonamides is 2. The van der Waals surface area contributed by atoms with Crippen molar-refractivity contribution >= 4 is 26.0 Å². The molecule has 34 heavy (non-hydrogen) atoms. The maximum absolute atomic E-state index is 12.7. The third-order valence-corrected chi connectivity index (χ3v) is 9.89. The van der Waals surface area contributed by atoms with Crippen LogP contribution in [0.3, 0.4) is 0 Å². The lowest BCUT2D eigenvalue weighted by molar-refractivity contribution is 0.0730. The normalized spacial score (nSPS) is 17.8. The smallest absolute Gasteiger partial charge is 0.251 e. The monoisotopic (exact) mass is 507 g/mol. The van der Waals surface area contributed by atoms with Gasteiger partial charge in [-0.2, -0.15) is 8.61 Å². The number of ether oxygens (including phenoxy) is 1. The van der Waals surface area contributed by atoms with Crippen LogP contribution in [0.1, 0.15) is 27.9 Å². The molecule has 0 aliphatic carbocycles. The molecular formula is C23H29N3O6S2. The summed E-state index contributed by atoms with van der Waals surface area (Å²) in [5.74, 6) is -0.425. The number of carbonyl (C=O) groups is 1. The highest BCUT2D eigenvalue weighted by atomic mass is 32.2. The highest BCUT2D eigenvalue weighted by molar-refractivity contribution is 7.89. The minimum atomic E-state index is -3.62. The summed E-state index contributed by atoms with van der Waals surface area (Å²) < 4.78 is 58.9. The van der Waals surface area contributed by atoms with Crippen molar-refractivity contribution in [3.63, 3.8) is 0 Å². The van der Waals surface area contributed by atoms with E-state index in [0.717, 1.165) is 5.56 Å². The van der Waals surface area contributed by atoms with Crippen LogP contribution in [-0.2, 0) is 37.7 Å². The Hall–Kier alpha value is -2.31. The average Bonchev–Trinajstić information content (AvgIpc) is 2.87. The van der Waals surface area contributed by atoms with E-state index in [2.05, 4.69) is 5.32 Å². The molecule has 9 nitrogen and oxygen atoms in total. The maximum Gasteiger partial charge on any atom is 0.251 e. The molecule has 0 unspecified atom stereocenters. The molecule has 1 saturated heterocycles. The van der Waals surface area contributed by atoms with Gasteiger partial charge in [0.05, 0.1) is 23.9 Å². The van der Waals surface area contributed by atoms with E-state index in [1.807, 2.05) is 24.3 Å². The van der Waals surface area contributed by atoms with Gasteiger partial charge in [-0.05, 0) is 48.2 Å². The van der Waals surface area contributed by atoms with Crippen molar-refractivity contribution < 1.29 is 26.4 Å². The lowest BCUT2D eigenvalue weighted by Gasteiger charge is -2.28. The van der Waals surface area contributed by atoms with Crippen LogP contribution in [0, 0.1) is 0 Å². The number of hydrogen-bond acceptors (Lipinski definition) is 6. The molecule has 184 valence electrons. The molecule has 2 heterocycles. The van der Waals surface area contributed by atoms with E-state index < -0.39 is 20.0 Å². The van der Waals surface area contributed by atoms with Crippen molar-refractivity contribution in [2.45, 2.75) is 24.3 Å². The van der Waals surface area contributed by atoms with E-state index >= 15 is 0 Å². The highest BCUT2D eigenvalue weighted by Crippen LogP contribution is 2.21. The Morgan fingerprint density at radius 1 is 0.882 bits per heavy atom. The number of carbonyl (C=O) groups excluding carboxylic acids is 1. The number of amides is 1. The summed E-state index contributed by atoms with van der Waals surface area (Å²) in [5.41, 5.74) is 2.53. The molecular weight excluding hydrogens is 478 g/mol. The SMILES string of the molecule is O=C(NCCCS(=O)(=O)N1CCc2ccccc2C1)c1ccc(S(=O)(=O)N2CCOCC2)cc1. The number of hydrogen-bond donors (Lipinski definition) is 1. The fraction of sp³-hybridized carbons (Fsp3) is 0.435. The highest BCUT2D eigenvalue weighted by Gasteiger charge is 2.27. The van der Waals surface area contributed by atoms with Crippen LogP contribution in [0.25, 0.3) is 0 Å². The number of rotatable bonds is 8. The molecule has 0 spiro atoms. The zero-order chi connectivity index (χ0) is 24.2. The summed E-state index contributed by atoms with van der Waals surface area (Å²) in [4.78, 5) is 12.5. The number of fused-ring (bicyclic) bond motifs is 1. The molecule has 1 N–H and O–H groups in total. The summed E-state index contributed by atoms with van der Waals surface area (Å²) in [6.07, 6.45) is 0.985. The Balaban J connectivity index is 1.26. The van der Waals surface area contributed by atoms with Gasteiger partial charge in [0.2, 0.25) is 20.0 Å². The summed E-state index contributed by atoms with van der Waals surface area (Å²) in [6.45, 7) is 2.38. The van der Waals surface area contributed by atoms with Gasteiger partial charge in [0, 0.05) is 38.3 Å². The second-order valence-corrected chi connectivity index (χ2v) is 12.3. The molecule has 1 fully saturated rings. The molecule has 0 atom stereocenters. The lowest BCUT2D eigenvalue weighted by Crippen LogP contribution is -2.40. The first-order valence-electron chi connectivity index (χ1n) is 11.3. The first-order chi connectivity index (χ1) is 16.3. The molecule has 2 aliphatic rings. The van der Waals surface area contributed by atoms with Crippen LogP contribution in [0.2, 0.25) is 0 Å². The van der Waals surface area contributed by atoms with Crippen molar-refractivity contribution in [2.24, 2.45) is 0 Å². The van der Waals surface area contributed by atoms with Gasteiger partial charge in [-0.25, -0.2) is 16.8 Å². The van der Waals surface area contributed by atoms with Crippen LogP contribution < -0.4 is 5.32 Å². The number of nitrogens with zero attached hydrogens (tertiary/aromatic N) is 2. The van der Waals surface area contributed by atoms with Gasteiger partial charge in [-0.3, -0.25) is 4.79 Å². The zero-order valence-electron chi connectivity index (χ0n) is 18.9. The van der Waals surface area contributed by atoms with Gasteiger partial charge in [-0.1, -0.05) is 24.3 Å². The molecule has 11 heteroatoms. The molecule has 2 aromatic carbocycles. The Morgan fingerprint density at radius 2 is 1.56 bits per heavy atom. The molecule has 2 aromatic rings. The Kier molecular flexibility index (Phi) is 7.68. The second-order valence-electron chi connectivity index (χ2n) is 8.32. The van der Waals surface area contributed by atoms with E-state index in [1.54, 1.807) is 0 Å². The number of benzene rings is 2. The van der Waals surface area contributed by atoms with Gasteiger partial charge in [0.15, 0.2) is 0 Å². The summed E-state index contributed by atoms with van der Waals surface area (Å²) in [6, 6.07) is 13.6. The van der Waals surface area contributed by atoms with Crippen LogP contribution in [0.5, 0.6) is 0 Å². The molecule has 0 saturated carbocycles. The summed E-state index contributed by atoms with van der Waals surface area (Å²) in [5, 5.41) is 2.71. The summed E-state index contributed by atoms with van der Waals surface area (Å²) >= 11 is 0. The maximum atomic E-state index is 12.7. The van der Waals surface area contributed by atoms with Crippen molar-refractivity contribution in [3.05, 3.63) is 65.2 Å². The standard InChI is InChI=1S/C23H29N3O6S2/c27-23(20-6-8-22(9-7-20)34(30,31)25-13-15-32-16-14-25)24-11-3-17-33(28,29)26-12-10-19-4-1-2-5-21(19)18-26/h1-2,4-9H,3,10-18H2,(H,24,27). The van der Waals surface area contributed by atoms with Crippen LogP contribution in [0.15, 0.2) is 53.4 Å². The minimum Gasteiger partial charge on any atom is -0.379 e. The quantitative estimate of drug-likeness (QED) is 0.538. The second kappa shape index (κ2) is 10.5. The Labute approximate surface area is 200 Å². The summed E-state index contributed by atoms with van der Waals surface area (Å²) in [7, 11) is -7.04. The van der Waals surface area contributed by atoms with Crippen LogP contribution >= 0.6 is 0 Å². The third-order valence-electron chi connectivity index (χ3n) is 6.08. The Morgan fingerprint density at radius 3 is 2.26 bits per heavy atom. The predicted molar refractivity (Wildman–Crippen MR) is 127 cm³/mol. The largest absolute Gasteiger partial charge is 0.379 e. The Bertz CT molecular complexity index is 1220.